The molecule has 0 amide bonds. The van der Waals surface area contributed by atoms with Gasteiger partial charge in [0.2, 0.25) is 0 Å². The largest absolute Gasteiger partial charge is 0.480 e. The van der Waals surface area contributed by atoms with E-state index in [9.17, 15) is 18.4 Å². The zero-order chi connectivity index (χ0) is 27.2. The predicted octanol–water partition coefficient (Wildman–Crippen LogP) is 3.34. The van der Waals surface area contributed by atoms with Gasteiger partial charge in [0, 0.05) is 47.3 Å². The number of hydrogen-bond donors (Lipinski definition) is 2. The molecule has 2 aromatic rings. The summed E-state index contributed by atoms with van der Waals surface area (Å²) in [5.74, 6) is -1.60. The number of esters is 1. The average molecular weight is 613 g/mol. The number of aliphatic imine (C=N–C) groups is 1. The van der Waals surface area contributed by atoms with E-state index in [4.69, 9.17) is 19.6 Å². The molecule has 3 unspecified atom stereocenters. The van der Waals surface area contributed by atoms with E-state index in [0.717, 1.165) is 5.56 Å². The number of rotatable bonds is 11. The minimum absolute atomic E-state index is 0.0358. The van der Waals surface area contributed by atoms with Crippen molar-refractivity contribution in [1.82, 2.24) is 15.2 Å². The van der Waals surface area contributed by atoms with Crippen molar-refractivity contribution in [2.24, 2.45) is 4.99 Å². The van der Waals surface area contributed by atoms with Crippen molar-refractivity contribution in [3.05, 3.63) is 61.9 Å². The number of amidine groups is 1. The molecular weight excluding hydrogens is 586 g/mol. The van der Waals surface area contributed by atoms with Gasteiger partial charge in [0.25, 0.3) is 0 Å². The van der Waals surface area contributed by atoms with E-state index in [0.29, 0.717) is 21.0 Å². The van der Waals surface area contributed by atoms with Gasteiger partial charge in [-0.1, -0.05) is 22.0 Å². The third-order valence-corrected chi connectivity index (χ3v) is 7.66. The summed E-state index contributed by atoms with van der Waals surface area (Å²) in [6.45, 7) is 1.66. The van der Waals surface area contributed by atoms with Crippen LogP contribution in [0, 0.1) is 5.82 Å². The first kappa shape index (κ1) is 28.3. The third kappa shape index (κ3) is 7.01. The minimum Gasteiger partial charge on any atom is -0.480 e. The van der Waals surface area contributed by atoms with Gasteiger partial charge in [-0.3, -0.25) is 9.89 Å². The molecule has 1 saturated heterocycles. The van der Waals surface area contributed by atoms with Crippen LogP contribution in [0.1, 0.15) is 23.9 Å². The van der Waals surface area contributed by atoms with Crippen LogP contribution in [0.15, 0.2) is 50.5 Å². The fraction of sp³-hybridized carbons (Fsp3) is 0.440. The first-order valence-corrected chi connectivity index (χ1v) is 13.7. The monoisotopic (exact) mass is 612 g/mol. The molecule has 0 radical (unpaired) electrons. The number of benzene rings is 1. The summed E-state index contributed by atoms with van der Waals surface area (Å²) >= 11 is 4.77. The summed E-state index contributed by atoms with van der Waals surface area (Å²) in [5.41, 5.74) is 1.52. The molecule has 0 saturated carbocycles. The maximum absolute atomic E-state index is 14.5. The van der Waals surface area contributed by atoms with Gasteiger partial charge in [-0.15, -0.1) is 11.3 Å². The lowest BCUT2D eigenvalue weighted by Crippen LogP contribution is -2.44. The number of alkyl halides is 1. The Balaban J connectivity index is 1.69. The highest BCUT2D eigenvalue weighted by molar-refractivity contribution is 9.10. The zero-order valence-electron chi connectivity index (χ0n) is 20.5. The smallest absolute Gasteiger partial charge is 0.338 e. The number of halogens is 3. The van der Waals surface area contributed by atoms with Gasteiger partial charge in [0.1, 0.15) is 18.6 Å². The number of aliphatic carboxylic acids is 1. The van der Waals surface area contributed by atoms with Crippen molar-refractivity contribution in [3.8, 4) is 0 Å². The van der Waals surface area contributed by atoms with Crippen molar-refractivity contribution in [3.63, 3.8) is 0 Å². The summed E-state index contributed by atoms with van der Waals surface area (Å²) in [7, 11) is 0. The highest BCUT2D eigenvalue weighted by atomic mass is 79.9. The van der Waals surface area contributed by atoms with Crippen molar-refractivity contribution in [1.29, 1.82) is 0 Å². The van der Waals surface area contributed by atoms with Crippen LogP contribution in [0.5, 0.6) is 0 Å². The second kappa shape index (κ2) is 12.9. The number of nitrogens with one attached hydrogen (secondary N) is 1. The molecule has 2 N–H and O–H groups in total. The first-order chi connectivity index (χ1) is 18.2. The highest BCUT2D eigenvalue weighted by Crippen LogP contribution is 2.29. The molecule has 0 spiro atoms. The summed E-state index contributed by atoms with van der Waals surface area (Å²) in [4.78, 5) is 35.1. The summed E-state index contributed by atoms with van der Waals surface area (Å²) in [5, 5.41) is 14.5. The second-order valence-corrected chi connectivity index (χ2v) is 10.6. The molecule has 1 aromatic heterocycles. The Labute approximate surface area is 230 Å². The Hall–Kier alpha value is -2.74. The zero-order valence-corrected chi connectivity index (χ0v) is 22.9. The Morgan fingerprint density at radius 2 is 2.18 bits per heavy atom. The fourth-order valence-electron chi connectivity index (χ4n) is 4.52. The molecule has 3 heterocycles. The number of carbonyl (C=O) groups is 2. The highest BCUT2D eigenvalue weighted by Gasteiger charge is 2.37. The van der Waals surface area contributed by atoms with Gasteiger partial charge in [0.05, 0.1) is 24.8 Å². The first-order valence-electron chi connectivity index (χ1n) is 12.0. The van der Waals surface area contributed by atoms with Gasteiger partial charge in [-0.2, -0.15) is 0 Å². The Morgan fingerprint density at radius 1 is 1.37 bits per heavy atom. The molecule has 204 valence electrons. The van der Waals surface area contributed by atoms with Crippen LogP contribution < -0.4 is 5.32 Å². The lowest BCUT2D eigenvalue weighted by Gasteiger charge is -2.31. The number of ether oxygens (including phenoxy) is 2. The molecule has 1 fully saturated rings. The standard InChI is InChI=1S/C25H27BrF2N4O5S/c1-2-37-25(35)22-19(7-14-3-4-15(27)9-18(14)26)30-23(24-29-5-6-38-24)31-20(22)11-32-10-16(28)8-17(32)12-36-13-21(33)34/h3-6,9,16-17,19H,2,7-8,10-13H2,1H3,(H,30,31)(H,33,34). The van der Waals surface area contributed by atoms with E-state index in [1.807, 2.05) is 4.90 Å². The van der Waals surface area contributed by atoms with Crippen LogP contribution >= 0.6 is 27.3 Å². The van der Waals surface area contributed by atoms with E-state index < -0.39 is 36.6 Å². The van der Waals surface area contributed by atoms with Crippen LogP contribution in [-0.4, -0.2) is 83.9 Å². The predicted molar refractivity (Wildman–Crippen MR) is 140 cm³/mol. The molecule has 0 bridgehead atoms. The molecule has 2 aliphatic rings. The van der Waals surface area contributed by atoms with Crippen LogP contribution in [0.2, 0.25) is 0 Å². The SMILES string of the molecule is CCOC(=O)C1=C(CN2CC(F)CC2COCC(=O)O)NC(c2nccs2)=NC1Cc1ccc(F)cc1Br. The molecule has 9 nitrogen and oxygen atoms in total. The average Bonchev–Trinajstić information content (AvgIpc) is 3.51. The van der Waals surface area contributed by atoms with Gasteiger partial charge < -0.3 is 19.9 Å². The van der Waals surface area contributed by atoms with Crippen LogP contribution in [0.4, 0.5) is 8.78 Å². The van der Waals surface area contributed by atoms with E-state index in [1.165, 1.54) is 23.5 Å². The lowest BCUT2D eigenvalue weighted by molar-refractivity contribution is -0.143. The second-order valence-electron chi connectivity index (χ2n) is 8.83. The summed E-state index contributed by atoms with van der Waals surface area (Å²) < 4.78 is 39.4. The number of likely N-dealkylation sites (tertiary alicyclic amines) is 1. The molecular formula is C25H27BrF2N4O5S. The number of carboxylic acid groups (broad SMARTS) is 1. The van der Waals surface area contributed by atoms with E-state index >= 15 is 0 Å². The van der Waals surface area contributed by atoms with Crippen molar-refractivity contribution in [2.45, 2.75) is 38.0 Å². The quantitative estimate of drug-likeness (QED) is 0.372. The normalized spacial score (nSPS) is 21.8. The van der Waals surface area contributed by atoms with E-state index in [1.54, 1.807) is 24.6 Å². The Kier molecular flexibility index (Phi) is 9.58. The fourth-order valence-corrected chi connectivity index (χ4v) is 5.62. The van der Waals surface area contributed by atoms with Gasteiger partial charge in [0.15, 0.2) is 10.8 Å². The third-order valence-electron chi connectivity index (χ3n) is 6.15. The number of thiazole rings is 1. The van der Waals surface area contributed by atoms with Crippen molar-refractivity contribution in [2.75, 3.05) is 32.9 Å². The molecule has 13 heteroatoms. The molecule has 3 atom stereocenters. The number of carbonyl (C=O) groups excluding carboxylic acids is 1. The van der Waals surface area contributed by atoms with Gasteiger partial charge in [-0.25, -0.2) is 23.4 Å². The number of nitrogens with zero attached hydrogens (tertiary/aromatic N) is 3. The van der Waals surface area contributed by atoms with Gasteiger partial charge in [-0.05, 0) is 31.0 Å². The maximum Gasteiger partial charge on any atom is 0.338 e. The molecule has 38 heavy (non-hydrogen) atoms. The number of aromatic nitrogens is 1. The van der Waals surface area contributed by atoms with Crippen molar-refractivity contribution >= 4 is 45.0 Å². The lowest BCUT2D eigenvalue weighted by atomic mass is 9.95. The molecule has 0 aliphatic carbocycles. The van der Waals surface area contributed by atoms with Crippen LogP contribution in [0.25, 0.3) is 0 Å². The van der Waals surface area contributed by atoms with Gasteiger partial charge >= 0.3 is 11.9 Å². The summed E-state index contributed by atoms with van der Waals surface area (Å²) in [6.07, 6.45) is 0.971. The Morgan fingerprint density at radius 3 is 2.87 bits per heavy atom. The number of carboxylic acids is 1. The van der Waals surface area contributed by atoms with E-state index in [2.05, 4.69) is 26.2 Å². The van der Waals surface area contributed by atoms with E-state index in [-0.39, 0.29) is 50.8 Å². The molecule has 1 aromatic carbocycles. The molecule has 2 aliphatic heterocycles. The van der Waals surface area contributed by atoms with Crippen LogP contribution in [0.3, 0.4) is 0 Å². The number of hydrogen-bond acceptors (Lipinski definition) is 9. The topological polar surface area (TPSA) is 113 Å². The van der Waals surface area contributed by atoms with Crippen molar-refractivity contribution < 1.29 is 33.0 Å². The summed E-state index contributed by atoms with van der Waals surface area (Å²) in [6, 6.07) is 3.26. The van der Waals surface area contributed by atoms with Crippen LogP contribution in [-0.2, 0) is 25.5 Å². The molecule has 4 rings (SSSR count). The minimum atomic E-state index is -1.12. The maximum atomic E-state index is 14.5. The Bertz CT molecular complexity index is 1230.